The number of primary amides is 1. The number of nitrogens with two attached hydrogens (primary N) is 1. The van der Waals surface area contributed by atoms with Gasteiger partial charge in [0.05, 0.1) is 0 Å². The van der Waals surface area contributed by atoms with E-state index in [0.29, 0.717) is 12.3 Å². The highest BCUT2D eigenvalue weighted by Gasteiger charge is 2.19. The number of hydrogen-bond acceptors (Lipinski definition) is 2. The zero-order valence-electron chi connectivity index (χ0n) is 9.71. The van der Waals surface area contributed by atoms with Gasteiger partial charge in [0.15, 0.2) is 0 Å². The molecule has 88 valence electrons. The highest BCUT2D eigenvalue weighted by atomic mass is 16.2. The van der Waals surface area contributed by atoms with Crippen molar-refractivity contribution < 1.29 is 9.59 Å². The SMILES string of the molecule is CCCC(N)=O.CCCC1CNC(=O)C1. The van der Waals surface area contributed by atoms with Crippen LogP contribution >= 0.6 is 0 Å². The van der Waals surface area contributed by atoms with E-state index < -0.39 is 0 Å². The van der Waals surface area contributed by atoms with Gasteiger partial charge in [-0.05, 0) is 18.8 Å². The first kappa shape index (κ1) is 13.9. The summed E-state index contributed by atoms with van der Waals surface area (Å²) < 4.78 is 0. The Bertz CT molecular complexity index is 205. The predicted octanol–water partition coefficient (Wildman–Crippen LogP) is 1.19. The summed E-state index contributed by atoms with van der Waals surface area (Å²) in [6.45, 7) is 4.99. The van der Waals surface area contributed by atoms with Gasteiger partial charge in [0, 0.05) is 19.4 Å². The van der Waals surface area contributed by atoms with E-state index in [1.165, 1.54) is 12.8 Å². The molecule has 0 aromatic carbocycles. The van der Waals surface area contributed by atoms with Crippen LogP contribution in [0.3, 0.4) is 0 Å². The summed E-state index contributed by atoms with van der Waals surface area (Å²) in [5.74, 6) is 0.647. The van der Waals surface area contributed by atoms with Crippen LogP contribution in [-0.2, 0) is 9.59 Å². The number of nitrogens with one attached hydrogen (secondary N) is 1. The Morgan fingerprint density at radius 1 is 1.47 bits per heavy atom. The number of carbonyl (C=O) groups is 2. The van der Waals surface area contributed by atoms with E-state index in [-0.39, 0.29) is 11.8 Å². The number of carbonyl (C=O) groups excluding carboxylic acids is 2. The molecular formula is C11H22N2O2. The van der Waals surface area contributed by atoms with Gasteiger partial charge in [0.1, 0.15) is 0 Å². The molecule has 4 nitrogen and oxygen atoms in total. The molecule has 15 heavy (non-hydrogen) atoms. The van der Waals surface area contributed by atoms with Gasteiger partial charge in [0.25, 0.3) is 0 Å². The van der Waals surface area contributed by atoms with Crippen LogP contribution < -0.4 is 11.1 Å². The lowest BCUT2D eigenvalue weighted by molar-refractivity contribution is -0.119. The van der Waals surface area contributed by atoms with Crippen molar-refractivity contribution in [3.05, 3.63) is 0 Å². The second-order valence-electron chi connectivity index (χ2n) is 3.88. The van der Waals surface area contributed by atoms with Gasteiger partial charge in [-0.2, -0.15) is 0 Å². The van der Waals surface area contributed by atoms with Crippen LogP contribution in [0.4, 0.5) is 0 Å². The van der Waals surface area contributed by atoms with Gasteiger partial charge < -0.3 is 11.1 Å². The lowest BCUT2D eigenvalue weighted by Gasteiger charge is -2.01. The molecule has 1 rings (SSSR count). The summed E-state index contributed by atoms with van der Waals surface area (Å²) in [4.78, 5) is 20.4. The Balaban J connectivity index is 0.000000288. The minimum Gasteiger partial charge on any atom is -0.370 e. The zero-order chi connectivity index (χ0) is 11.7. The van der Waals surface area contributed by atoms with E-state index in [1.54, 1.807) is 0 Å². The molecule has 4 heteroatoms. The minimum atomic E-state index is -0.211. The molecular weight excluding hydrogens is 192 g/mol. The first-order valence-corrected chi connectivity index (χ1v) is 5.65. The van der Waals surface area contributed by atoms with Crippen LogP contribution in [-0.4, -0.2) is 18.4 Å². The van der Waals surface area contributed by atoms with Crippen LogP contribution in [0, 0.1) is 5.92 Å². The maximum atomic E-state index is 10.6. The Hall–Kier alpha value is -1.06. The summed E-state index contributed by atoms with van der Waals surface area (Å²) in [7, 11) is 0. The second-order valence-corrected chi connectivity index (χ2v) is 3.88. The summed E-state index contributed by atoms with van der Waals surface area (Å²) in [5.41, 5.74) is 4.76. The average molecular weight is 214 g/mol. The highest BCUT2D eigenvalue weighted by molar-refractivity contribution is 5.78. The van der Waals surface area contributed by atoms with Crippen LogP contribution in [0.15, 0.2) is 0 Å². The summed E-state index contributed by atoms with van der Waals surface area (Å²) in [6, 6.07) is 0. The first-order chi connectivity index (χ1) is 7.10. The molecule has 1 fully saturated rings. The van der Waals surface area contributed by atoms with Gasteiger partial charge >= 0.3 is 0 Å². The van der Waals surface area contributed by atoms with Gasteiger partial charge in [-0.25, -0.2) is 0 Å². The molecule has 0 bridgehead atoms. The minimum absolute atomic E-state index is 0.211. The standard InChI is InChI=1S/C7H13NO.C4H9NO/c1-2-3-6-4-7(9)8-5-6;1-2-3-4(5)6/h6H,2-5H2,1H3,(H,8,9);2-3H2,1H3,(H2,5,6). The van der Waals surface area contributed by atoms with E-state index in [0.717, 1.165) is 19.4 Å². The molecule has 0 aromatic heterocycles. The number of amides is 2. The number of rotatable bonds is 4. The van der Waals surface area contributed by atoms with Crippen molar-refractivity contribution in [3.8, 4) is 0 Å². The van der Waals surface area contributed by atoms with Crippen molar-refractivity contribution in [1.29, 1.82) is 0 Å². The average Bonchev–Trinajstić information content (AvgIpc) is 2.53. The van der Waals surface area contributed by atoms with Crippen molar-refractivity contribution in [2.75, 3.05) is 6.54 Å². The lowest BCUT2D eigenvalue weighted by Crippen LogP contribution is -2.13. The molecule has 1 heterocycles. The lowest BCUT2D eigenvalue weighted by atomic mass is 10.0. The fraction of sp³-hybridized carbons (Fsp3) is 0.818. The molecule has 1 aliphatic rings. The molecule has 1 aliphatic heterocycles. The molecule has 1 atom stereocenters. The number of hydrogen-bond donors (Lipinski definition) is 2. The van der Waals surface area contributed by atoms with E-state index in [4.69, 9.17) is 5.73 Å². The van der Waals surface area contributed by atoms with E-state index in [1.807, 2.05) is 6.92 Å². The Morgan fingerprint density at radius 3 is 2.40 bits per heavy atom. The van der Waals surface area contributed by atoms with E-state index >= 15 is 0 Å². The van der Waals surface area contributed by atoms with Crippen LogP contribution in [0.1, 0.15) is 46.0 Å². The second kappa shape index (κ2) is 8.26. The molecule has 0 aromatic rings. The van der Waals surface area contributed by atoms with Gasteiger partial charge in [-0.1, -0.05) is 20.3 Å². The normalized spacial score (nSPS) is 19.1. The summed E-state index contributed by atoms with van der Waals surface area (Å²) >= 11 is 0. The monoisotopic (exact) mass is 214 g/mol. The smallest absolute Gasteiger partial charge is 0.220 e. The van der Waals surface area contributed by atoms with Crippen molar-refractivity contribution in [3.63, 3.8) is 0 Å². The zero-order valence-corrected chi connectivity index (χ0v) is 9.71. The summed E-state index contributed by atoms with van der Waals surface area (Å²) in [6.07, 6.45) is 4.52. The van der Waals surface area contributed by atoms with Gasteiger partial charge in [-0.3, -0.25) is 9.59 Å². The van der Waals surface area contributed by atoms with Crippen molar-refractivity contribution in [1.82, 2.24) is 5.32 Å². The fourth-order valence-electron chi connectivity index (χ4n) is 1.52. The predicted molar refractivity (Wildman–Crippen MR) is 60.1 cm³/mol. The molecule has 2 amide bonds. The topological polar surface area (TPSA) is 72.2 Å². The largest absolute Gasteiger partial charge is 0.370 e. The first-order valence-electron chi connectivity index (χ1n) is 5.65. The summed E-state index contributed by atoms with van der Waals surface area (Å²) in [5, 5.41) is 2.82. The quantitative estimate of drug-likeness (QED) is 0.738. The molecule has 0 saturated carbocycles. The molecule has 1 saturated heterocycles. The van der Waals surface area contributed by atoms with Gasteiger partial charge in [0.2, 0.25) is 11.8 Å². The van der Waals surface area contributed by atoms with E-state index in [2.05, 4.69) is 12.2 Å². The maximum absolute atomic E-state index is 10.6. The van der Waals surface area contributed by atoms with Crippen molar-refractivity contribution in [2.45, 2.75) is 46.0 Å². The third kappa shape index (κ3) is 7.97. The third-order valence-corrected chi connectivity index (χ3v) is 2.26. The van der Waals surface area contributed by atoms with E-state index in [9.17, 15) is 9.59 Å². The van der Waals surface area contributed by atoms with Gasteiger partial charge in [-0.15, -0.1) is 0 Å². The molecule has 0 spiro atoms. The highest BCUT2D eigenvalue weighted by Crippen LogP contribution is 2.14. The molecule has 0 aliphatic carbocycles. The molecule has 0 radical (unpaired) electrons. The maximum Gasteiger partial charge on any atom is 0.220 e. The Morgan fingerprint density at radius 2 is 2.13 bits per heavy atom. The van der Waals surface area contributed by atoms with Crippen LogP contribution in [0.25, 0.3) is 0 Å². The van der Waals surface area contributed by atoms with Crippen LogP contribution in [0.5, 0.6) is 0 Å². The molecule has 3 N–H and O–H groups in total. The Kier molecular flexibility index (Phi) is 7.68. The third-order valence-electron chi connectivity index (χ3n) is 2.26. The molecule has 1 unspecified atom stereocenters. The van der Waals surface area contributed by atoms with Crippen molar-refractivity contribution >= 4 is 11.8 Å². The van der Waals surface area contributed by atoms with Crippen molar-refractivity contribution in [2.24, 2.45) is 11.7 Å². The fourth-order valence-corrected chi connectivity index (χ4v) is 1.52. The Labute approximate surface area is 91.6 Å². The van der Waals surface area contributed by atoms with Crippen LogP contribution in [0.2, 0.25) is 0 Å².